The highest BCUT2D eigenvalue weighted by Crippen LogP contribution is 2.34. The number of hydrazone groups is 1. The lowest BCUT2D eigenvalue weighted by molar-refractivity contribution is -0.126. The lowest BCUT2D eigenvalue weighted by Crippen LogP contribution is -2.24. The Balaban J connectivity index is 1.97. The van der Waals surface area contributed by atoms with E-state index in [-0.39, 0.29) is 12.5 Å². The van der Waals surface area contributed by atoms with Crippen molar-refractivity contribution in [2.75, 3.05) is 11.9 Å². The van der Waals surface area contributed by atoms with Crippen molar-refractivity contribution < 1.29 is 19.1 Å². The van der Waals surface area contributed by atoms with Gasteiger partial charge >= 0.3 is 0 Å². The van der Waals surface area contributed by atoms with E-state index >= 15 is 0 Å². The summed E-state index contributed by atoms with van der Waals surface area (Å²) in [5, 5.41) is 6.66. The fourth-order valence-corrected chi connectivity index (χ4v) is 3.30. The van der Waals surface area contributed by atoms with Gasteiger partial charge in [0, 0.05) is 5.69 Å². The van der Waals surface area contributed by atoms with Crippen molar-refractivity contribution >= 4 is 46.3 Å². The zero-order valence-electron chi connectivity index (χ0n) is 17.5. The fourth-order valence-electron chi connectivity index (χ4n) is 2.55. The second kappa shape index (κ2) is 11.5. The van der Waals surface area contributed by atoms with Gasteiger partial charge in [0.1, 0.15) is 6.42 Å². The molecule has 7 nitrogen and oxygen atoms in total. The molecular formula is C22H26IN3O4. The minimum atomic E-state index is -0.503. The molecule has 0 spiro atoms. The highest BCUT2D eigenvalue weighted by Gasteiger charge is 2.13. The van der Waals surface area contributed by atoms with Gasteiger partial charge in [-0.05, 0) is 79.6 Å². The van der Waals surface area contributed by atoms with Gasteiger partial charge in [-0.25, -0.2) is 5.43 Å². The quantitative estimate of drug-likeness (QED) is 0.223. The van der Waals surface area contributed by atoms with Crippen LogP contribution < -0.4 is 20.2 Å². The van der Waals surface area contributed by atoms with E-state index in [1.807, 2.05) is 52.0 Å². The third-order valence-corrected chi connectivity index (χ3v) is 4.63. The molecule has 0 aliphatic rings. The fraction of sp³-hybridized carbons (Fsp3) is 0.318. The Kier molecular flexibility index (Phi) is 9.10. The molecule has 160 valence electrons. The summed E-state index contributed by atoms with van der Waals surface area (Å²) in [7, 11) is 0. The second-order valence-electron chi connectivity index (χ2n) is 6.76. The third kappa shape index (κ3) is 7.33. The Morgan fingerprint density at radius 3 is 2.60 bits per heavy atom. The van der Waals surface area contributed by atoms with E-state index in [1.54, 1.807) is 12.1 Å². The summed E-state index contributed by atoms with van der Waals surface area (Å²) in [5.41, 5.74) is 4.72. The van der Waals surface area contributed by atoms with Crippen molar-refractivity contribution in [1.82, 2.24) is 5.43 Å². The smallest absolute Gasteiger partial charge is 0.249 e. The zero-order chi connectivity index (χ0) is 22.1. The Hall–Kier alpha value is -2.62. The molecule has 2 rings (SSSR count). The van der Waals surface area contributed by atoms with Crippen LogP contribution in [0.25, 0.3) is 0 Å². The average molecular weight is 523 g/mol. The van der Waals surface area contributed by atoms with E-state index in [0.29, 0.717) is 23.8 Å². The van der Waals surface area contributed by atoms with Gasteiger partial charge in [0.15, 0.2) is 11.5 Å². The van der Waals surface area contributed by atoms with Crippen LogP contribution in [0.3, 0.4) is 0 Å². The van der Waals surface area contributed by atoms with Crippen LogP contribution in [0.1, 0.15) is 38.3 Å². The van der Waals surface area contributed by atoms with Crippen molar-refractivity contribution in [3.63, 3.8) is 0 Å². The highest BCUT2D eigenvalue weighted by atomic mass is 127. The van der Waals surface area contributed by atoms with E-state index < -0.39 is 11.8 Å². The van der Waals surface area contributed by atoms with E-state index in [2.05, 4.69) is 38.4 Å². The molecule has 0 saturated heterocycles. The molecule has 0 aliphatic heterocycles. The summed E-state index contributed by atoms with van der Waals surface area (Å²) in [6, 6.07) is 11.0. The van der Waals surface area contributed by atoms with Crippen molar-refractivity contribution in [2.24, 2.45) is 5.10 Å². The van der Waals surface area contributed by atoms with Crippen LogP contribution in [0.4, 0.5) is 5.69 Å². The van der Waals surface area contributed by atoms with Crippen LogP contribution in [0, 0.1) is 10.5 Å². The Morgan fingerprint density at radius 2 is 1.93 bits per heavy atom. The number of nitrogens with one attached hydrogen (secondary N) is 2. The maximum atomic E-state index is 12.0. The molecule has 8 heteroatoms. The first-order valence-corrected chi connectivity index (χ1v) is 10.7. The molecule has 0 aromatic heterocycles. The third-order valence-electron chi connectivity index (χ3n) is 3.83. The van der Waals surface area contributed by atoms with Gasteiger partial charge in [0.05, 0.1) is 22.5 Å². The maximum Gasteiger partial charge on any atom is 0.249 e. The molecule has 2 N–H and O–H groups in total. The minimum Gasteiger partial charge on any atom is -0.490 e. The lowest BCUT2D eigenvalue weighted by Gasteiger charge is -2.16. The number of hydrogen-bond donors (Lipinski definition) is 2. The predicted molar refractivity (Wildman–Crippen MR) is 126 cm³/mol. The Labute approximate surface area is 190 Å². The number of anilines is 1. The number of benzene rings is 2. The number of nitrogens with zero attached hydrogens (tertiary/aromatic N) is 1. The summed E-state index contributed by atoms with van der Waals surface area (Å²) in [5.74, 6) is 0.391. The molecule has 0 aliphatic carbocycles. The van der Waals surface area contributed by atoms with Crippen LogP contribution in [0.15, 0.2) is 41.5 Å². The van der Waals surface area contributed by atoms with Crippen molar-refractivity contribution in [1.29, 1.82) is 0 Å². The topological polar surface area (TPSA) is 89.0 Å². The van der Waals surface area contributed by atoms with Gasteiger partial charge in [-0.2, -0.15) is 5.10 Å². The van der Waals surface area contributed by atoms with E-state index in [9.17, 15) is 9.59 Å². The molecular weight excluding hydrogens is 497 g/mol. The molecule has 0 fully saturated rings. The van der Waals surface area contributed by atoms with Crippen LogP contribution >= 0.6 is 22.6 Å². The number of hydrogen-bond acceptors (Lipinski definition) is 5. The van der Waals surface area contributed by atoms with Crippen molar-refractivity contribution in [2.45, 2.75) is 40.2 Å². The molecule has 0 saturated carbocycles. The normalized spacial score (nSPS) is 10.9. The number of carbonyl (C=O) groups excluding carboxylic acids is 2. The van der Waals surface area contributed by atoms with E-state index in [1.165, 1.54) is 6.21 Å². The van der Waals surface area contributed by atoms with Gasteiger partial charge in [0.2, 0.25) is 11.8 Å². The number of carbonyl (C=O) groups is 2. The van der Waals surface area contributed by atoms with Gasteiger partial charge in [-0.3, -0.25) is 9.59 Å². The highest BCUT2D eigenvalue weighted by molar-refractivity contribution is 14.1. The first-order valence-electron chi connectivity index (χ1n) is 9.60. The summed E-state index contributed by atoms with van der Waals surface area (Å²) < 4.78 is 12.4. The summed E-state index contributed by atoms with van der Waals surface area (Å²) in [6.45, 7) is 8.18. The number of aryl methyl sites for hydroxylation is 1. The standard InChI is InChI=1S/C22H26IN3O4/c1-5-29-19-11-16(10-17(23)22(19)30-14(2)3)13-24-26-21(28)12-20(27)25-18-9-7-6-8-15(18)4/h6-11,13-14H,5,12H2,1-4H3,(H,25,27)(H,26,28). The van der Waals surface area contributed by atoms with Crippen molar-refractivity contribution in [3.8, 4) is 11.5 Å². The van der Waals surface area contributed by atoms with Crippen LogP contribution in [-0.2, 0) is 9.59 Å². The van der Waals surface area contributed by atoms with Gasteiger partial charge in [-0.15, -0.1) is 0 Å². The summed E-state index contributed by atoms with van der Waals surface area (Å²) >= 11 is 2.17. The van der Waals surface area contributed by atoms with Crippen LogP contribution in [0.2, 0.25) is 0 Å². The Morgan fingerprint density at radius 1 is 1.20 bits per heavy atom. The maximum absolute atomic E-state index is 12.0. The molecule has 2 aromatic carbocycles. The van der Waals surface area contributed by atoms with Crippen LogP contribution in [0.5, 0.6) is 11.5 Å². The zero-order valence-corrected chi connectivity index (χ0v) is 19.6. The SMILES string of the molecule is CCOc1cc(C=NNC(=O)CC(=O)Nc2ccccc2C)cc(I)c1OC(C)C. The number of ether oxygens (including phenoxy) is 2. The Bertz CT molecular complexity index is 929. The molecule has 0 atom stereocenters. The van der Waals surface area contributed by atoms with Crippen molar-refractivity contribution in [3.05, 3.63) is 51.1 Å². The number of amides is 2. The van der Waals surface area contributed by atoms with Gasteiger partial charge in [-0.1, -0.05) is 18.2 Å². The molecule has 0 radical (unpaired) electrons. The minimum absolute atomic E-state index is 0.0161. The summed E-state index contributed by atoms with van der Waals surface area (Å²) in [4.78, 5) is 24.0. The first kappa shape index (κ1) is 23.7. The molecule has 0 heterocycles. The predicted octanol–water partition coefficient (Wildman–Crippen LogP) is 4.26. The molecule has 2 amide bonds. The van der Waals surface area contributed by atoms with E-state index in [0.717, 1.165) is 14.7 Å². The number of para-hydroxylation sites is 1. The largest absolute Gasteiger partial charge is 0.490 e. The number of rotatable bonds is 9. The average Bonchev–Trinajstić information content (AvgIpc) is 2.66. The monoisotopic (exact) mass is 523 g/mol. The lowest BCUT2D eigenvalue weighted by atomic mass is 10.2. The summed E-state index contributed by atoms with van der Waals surface area (Å²) in [6.07, 6.45) is 1.19. The molecule has 2 aromatic rings. The molecule has 30 heavy (non-hydrogen) atoms. The van der Waals surface area contributed by atoms with E-state index in [4.69, 9.17) is 9.47 Å². The first-order chi connectivity index (χ1) is 14.3. The molecule has 0 bridgehead atoms. The van der Waals surface area contributed by atoms with Gasteiger partial charge in [0.25, 0.3) is 0 Å². The van der Waals surface area contributed by atoms with Gasteiger partial charge < -0.3 is 14.8 Å². The molecule has 0 unspecified atom stereocenters. The van der Waals surface area contributed by atoms with Crippen LogP contribution in [-0.4, -0.2) is 30.7 Å². The second-order valence-corrected chi connectivity index (χ2v) is 7.92. The number of halogens is 1.